The van der Waals surface area contributed by atoms with Crippen LogP contribution >= 0.6 is 11.8 Å². The van der Waals surface area contributed by atoms with Crippen LogP contribution in [0.1, 0.15) is 26.2 Å². The predicted molar refractivity (Wildman–Crippen MR) is 89.9 cm³/mol. The van der Waals surface area contributed by atoms with E-state index < -0.39 is 41.3 Å². The van der Waals surface area contributed by atoms with Gasteiger partial charge < -0.3 is 26.4 Å². The third-order valence-electron chi connectivity index (χ3n) is 4.19. The first-order valence-electron chi connectivity index (χ1n) is 8.06. The Morgan fingerprint density at radius 2 is 2.08 bits per heavy atom. The minimum absolute atomic E-state index is 0.193. The number of fused-ring (bicyclic) bond motifs is 1. The van der Waals surface area contributed by atoms with Crippen LogP contribution in [0, 0.1) is 5.92 Å². The molecule has 2 aliphatic rings. The van der Waals surface area contributed by atoms with Gasteiger partial charge in [-0.3, -0.25) is 14.5 Å². The molecule has 0 unspecified atom stereocenters. The number of hydrogen-bond acceptors (Lipinski definition) is 8. The average molecular weight is 373 g/mol. The molecule has 0 aliphatic carbocycles. The summed E-state index contributed by atoms with van der Waals surface area (Å²) in [5, 5.41) is 18.5. The molecule has 4 atom stereocenters. The number of carbonyl (C=O) groups is 3. The third-order valence-corrected chi connectivity index (χ3v) is 5.53. The zero-order chi connectivity index (χ0) is 18.7. The number of aliphatic hydroxyl groups excluding tert-OH is 1. The van der Waals surface area contributed by atoms with Gasteiger partial charge in [-0.2, -0.15) is 0 Å². The number of rotatable bonds is 9. The normalized spacial score (nSPS) is 24.6. The fraction of sp³-hybridized carbons (Fsp3) is 0.667. The van der Waals surface area contributed by atoms with Crippen LogP contribution in [0.15, 0.2) is 10.6 Å². The van der Waals surface area contributed by atoms with Crippen molar-refractivity contribution in [2.24, 2.45) is 17.4 Å². The minimum atomic E-state index is -1.27. The van der Waals surface area contributed by atoms with Crippen molar-refractivity contribution in [3.05, 3.63) is 10.6 Å². The number of nitrogens with two attached hydrogens (primary N) is 2. The lowest BCUT2D eigenvalue weighted by Crippen LogP contribution is -2.60. The summed E-state index contributed by atoms with van der Waals surface area (Å²) < 4.78 is 5.12. The number of thioether (sulfide) groups is 1. The predicted octanol–water partition coefficient (Wildman–Crippen LogP) is -0.806. The minimum Gasteiger partial charge on any atom is -0.477 e. The maximum absolute atomic E-state index is 12.1. The number of unbranched alkanes of at least 4 members (excludes halogenated alkanes) is 1. The van der Waals surface area contributed by atoms with E-state index >= 15 is 0 Å². The van der Waals surface area contributed by atoms with Crippen molar-refractivity contribution in [1.29, 1.82) is 0 Å². The number of aliphatic hydroxyl groups is 1. The Bertz CT molecular complexity index is 594. The fourth-order valence-electron chi connectivity index (χ4n) is 2.83. The summed E-state index contributed by atoms with van der Waals surface area (Å²) >= 11 is 1.12. The maximum Gasteiger partial charge on any atom is 0.353 e. The van der Waals surface area contributed by atoms with Crippen molar-refractivity contribution in [2.45, 2.75) is 43.7 Å². The Morgan fingerprint density at radius 1 is 1.40 bits per heavy atom. The van der Waals surface area contributed by atoms with Gasteiger partial charge in [-0.15, -0.1) is 0 Å². The summed E-state index contributed by atoms with van der Waals surface area (Å²) in [5.41, 5.74) is 10.9. The molecule has 1 amide bonds. The molecule has 2 heterocycles. The summed E-state index contributed by atoms with van der Waals surface area (Å²) in [7, 11) is 0. The molecular formula is C15H23N3O6S. The zero-order valence-electron chi connectivity index (χ0n) is 13.9. The number of carbonyl (C=O) groups excluding carboxylic acids is 2. The fourth-order valence-corrected chi connectivity index (χ4v) is 4.35. The number of carboxylic acids is 1. The summed E-state index contributed by atoms with van der Waals surface area (Å²) in [5.74, 6) is -3.00. The Morgan fingerprint density at radius 3 is 2.64 bits per heavy atom. The van der Waals surface area contributed by atoms with Crippen LogP contribution in [0.4, 0.5) is 0 Å². The molecular weight excluding hydrogens is 350 g/mol. The van der Waals surface area contributed by atoms with Gasteiger partial charge in [0, 0.05) is 0 Å². The van der Waals surface area contributed by atoms with Gasteiger partial charge in [0.05, 0.1) is 16.9 Å². The van der Waals surface area contributed by atoms with Crippen LogP contribution in [0.5, 0.6) is 0 Å². The second-order valence-electron chi connectivity index (χ2n) is 6.06. The SMILES string of the molecule is C[C@@H](O)[C@H]1C(=O)N2C(C(=O)O)=C(COC(=O)[C@@H](N)CCCCN)S[C@H]12. The van der Waals surface area contributed by atoms with E-state index in [9.17, 15) is 24.6 Å². The first kappa shape index (κ1) is 19.7. The molecule has 1 saturated heterocycles. The molecule has 140 valence electrons. The van der Waals surface area contributed by atoms with E-state index in [0.29, 0.717) is 19.4 Å². The van der Waals surface area contributed by atoms with E-state index in [4.69, 9.17) is 16.2 Å². The maximum atomic E-state index is 12.1. The van der Waals surface area contributed by atoms with Gasteiger partial charge in [0.2, 0.25) is 5.91 Å². The Labute approximate surface area is 149 Å². The number of β-lactam (4-membered cyclic amide) rings is 1. The van der Waals surface area contributed by atoms with E-state index in [0.717, 1.165) is 23.1 Å². The van der Waals surface area contributed by atoms with Crippen molar-refractivity contribution in [2.75, 3.05) is 13.2 Å². The number of amides is 1. The quantitative estimate of drug-likeness (QED) is 0.231. The Hall–Kier alpha value is -1.62. The van der Waals surface area contributed by atoms with Crippen molar-refractivity contribution >= 4 is 29.6 Å². The largest absolute Gasteiger partial charge is 0.477 e. The molecule has 6 N–H and O–H groups in total. The summed E-state index contributed by atoms with van der Waals surface area (Å²) in [6, 6.07) is -0.796. The highest BCUT2D eigenvalue weighted by Gasteiger charge is 2.57. The first-order chi connectivity index (χ1) is 11.8. The highest BCUT2D eigenvalue weighted by Crippen LogP contribution is 2.50. The molecule has 2 aliphatic heterocycles. The molecule has 0 radical (unpaired) electrons. The zero-order valence-corrected chi connectivity index (χ0v) is 14.7. The van der Waals surface area contributed by atoms with Crippen LogP contribution in [-0.2, 0) is 19.1 Å². The lowest BCUT2D eigenvalue weighted by molar-refractivity contribution is -0.156. The van der Waals surface area contributed by atoms with Crippen LogP contribution in [0.3, 0.4) is 0 Å². The number of aliphatic carboxylic acids is 1. The van der Waals surface area contributed by atoms with E-state index in [2.05, 4.69) is 0 Å². The van der Waals surface area contributed by atoms with Crippen molar-refractivity contribution in [3.8, 4) is 0 Å². The van der Waals surface area contributed by atoms with Crippen molar-refractivity contribution in [3.63, 3.8) is 0 Å². The van der Waals surface area contributed by atoms with Gasteiger partial charge in [-0.05, 0) is 26.3 Å². The number of carboxylic acid groups (broad SMARTS) is 1. The second kappa shape index (κ2) is 8.17. The molecule has 10 heteroatoms. The molecule has 2 rings (SSSR count). The molecule has 0 aromatic carbocycles. The summed E-state index contributed by atoms with van der Waals surface area (Å²) in [6.07, 6.45) is 1.01. The number of ether oxygens (including phenoxy) is 1. The number of esters is 1. The van der Waals surface area contributed by atoms with Crippen molar-refractivity contribution < 1.29 is 29.3 Å². The Kier molecular flexibility index (Phi) is 6.44. The van der Waals surface area contributed by atoms with E-state index in [-0.39, 0.29) is 17.2 Å². The molecule has 9 nitrogen and oxygen atoms in total. The van der Waals surface area contributed by atoms with E-state index in [1.54, 1.807) is 0 Å². The van der Waals surface area contributed by atoms with Crippen LogP contribution in [0.25, 0.3) is 0 Å². The van der Waals surface area contributed by atoms with Gasteiger partial charge in [0.25, 0.3) is 0 Å². The lowest BCUT2D eigenvalue weighted by Gasteiger charge is -2.43. The van der Waals surface area contributed by atoms with Gasteiger partial charge in [0.15, 0.2) is 0 Å². The highest BCUT2D eigenvalue weighted by atomic mass is 32.2. The standard InChI is InChI=1S/C15H23N3O6S/c1-7(19)10-12(20)18-11(14(21)22)9(25-13(10)18)6-24-15(23)8(17)4-2-3-5-16/h7-8,10,13,19H,2-6,16-17H2,1H3,(H,21,22)/t7-,8+,10+,13-/m1/s1. The molecule has 0 bridgehead atoms. The molecule has 0 aromatic rings. The van der Waals surface area contributed by atoms with Crippen LogP contribution in [-0.4, -0.2) is 63.6 Å². The van der Waals surface area contributed by atoms with E-state index in [1.807, 2.05) is 0 Å². The highest BCUT2D eigenvalue weighted by molar-refractivity contribution is 8.04. The van der Waals surface area contributed by atoms with Gasteiger partial charge >= 0.3 is 11.9 Å². The first-order valence-corrected chi connectivity index (χ1v) is 8.94. The molecule has 0 aromatic heterocycles. The van der Waals surface area contributed by atoms with Gasteiger partial charge in [-0.25, -0.2) is 4.79 Å². The molecule has 25 heavy (non-hydrogen) atoms. The number of hydrogen-bond donors (Lipinski definition) is 4. The van der Waals surface area contributed by atoms with Crippen molar-refractivity contribution in [1.82, 2.24) is 4.90 Å². The topological polar surface area (TPSA) is 156 Å². The molecule has 0 saturated carbocycles. The van der Waals surface area contributed by atoms with Crippen LogP contribution < -0.4 is 11.5 Å². The van der Waals surface area contributed by atoms with Gasteiger partial charge in [0.1, 0.15) is 23.7 Å². The average Bonchev–Trinajstić information content (AvgIpc) is 2.86. The third kappa shape index (κ3) is 3.97. The summed E-state index contributed by atoms with van der Waals surface area (Å²) in [4.78, 5) is 36.8. The van der Waals surface area contributed by atoms with Gasteiger partial charge in [-0.1, -0.05) is 18.2 Å². The molecule has 1 fully saturated rings. The van der Waals surface area contributed by atoms with E-state index in [1.165, 1.54) is 6.92 Å². The molecule has 0 spiro atoms. The summed E-state index contributed by atoms with van der Waals surface area (Å²) in [6.45, 7) is 1.74. The monoisotopic (exact) mass is 373 g/mol. The van der Waals surface area contributed by atoms with Crippen LogP contribution in [0.2, 0.25) is 0 Å². The smallest absolute Gasteiger partial charge is 0.353 e. The lowest BCUT2D eigenvalue weighted by atomic mass is 9.92. The second-order valence-corrected chi connectivity index (χ2v) is 7.27. The number of nitrogens with zero attached hydrogens (tertiary/aromatic N) is 1. The Balaban J connectivity index is 1.98.